The number of halogens is 3. The number of aliphatic carboxylic acids is 1. The first kappa shape index (κ1) is 23.5. The quantitative estimate of drug-likeness (QED) is 0.277. The average molecular weight is 452 g/mol. The van der Waals surface area contributed by atoms with Crippen LogP contribution < -0.4 is 8.92 Å². The molecule has 166 valence electrons. The highest BCUT2D eigenvalue weighted by Crippen LogP contribution is 2.44. The third-order valence-corrected chi connectivity index (χ3v) is 5.44. The molecule has 0 radical (unpaired) electrons. The first-order valence-corrected chi connectivity index (χ1v) is 9.98. The zero-order valence-electron chi connectivity index (χ0n) is 16.3. The van der Waals surface area contributed by atoms with Crippen LogP contribution in [0.2, 0.25) is 0 Å². The van der Waals surface area contributed by atoms with Crippen molar-refractivity contribution >= 4 is 22.1 Å². The van der Waals surface area contributed by atoms with E-state index in [0.29, 0.717) is 11.1 Å². The van der Waals surface area contributed by atoms with Crippen LogP contribution in [0, 0.1) is 6.92 Å². The van der Waals surface area contributed by atoms with E-state index in [-0.39, 0.29) is 42.7 Å². The van der Waals surface area contributed by atoms with Crippen LogP contribution in [0.5, 0.6) is 11.5 Å². The molecule has 8 nitrogen and oxygen atoms in total. The van der Waals surface area contributed by atoms with Gasteiger partial charge in [0.15, 0.2) is 5.75 Å². The van der Waals surface area contributed by atoms with E-state index in [1.807, 2.05) is 0 Å². The highest BCUT2D eigenvalue weighted by atomic mass is 32.2. The van der Waals surface area contributed by atoms with Crippen molar-refractivity contribution in [3.05, 3.63) is 33.9 Å². The Morgan fingerprint density at radius 1 is 1.27 bits per heavy atom. The number of carbonyl (C=O) groups excluding carboxylic acids is 1. The maximum Gasteiger partial charge on any atom is 0.534 e. The van der Waals surface area contributed by atoms with E-state index in [2.05, 4.69) is 4.18 Å². The minimum Gasteiger partial charge on any atom is -0.496 e. The van der Waals surface area contributed by atoms with Crippen molar-refractivity contribution in [1.29, 1.82) is 0 Å². The molecule has 1 aliphatic rings. The summed E-state index contributed by atoms with van der Waals surface area (Å²) < 4.78 is 76.6. The number of cyclic esters (lactones) is 1. The van der Waals surface area contributed by atoms with Gasteiger partial charge in [0.25, 0.3) is 0 Å². The number of methoxy groups -OCH3 is 1. The lowest BCUT2D eigenvalue weighted by Gasteiger charge is -2.19. The van der Waals surface area contributed by atoms with Gasteiger partial charge in [-0.2, -0.15) is 21.6 Å². The molecule has 1 aromatic carbocycles. The molecule has 0 amide bonds. The van der Waals surface area contributed by atoms with E-state index < -0.39 is 38.9 Å². The number of carbonyl (C=O) groups is 2. The summed E-state index contributed by atoms with van der Waals surface area (Å²) in [6.45, 7) is 2.88. The van der Waals surface area contributed by atoms with E-state index in [1.165, 1.54) is 13.2 Å². The maximum absolute atomic E-state index is 12.9. The number of benzene rings is 1. The number of hydrogen-bond acceptors (Lipinski definition) is 7. The van der Waals surface area contributed by atoms with E-state index >= 15 is 0 Å². The number of fused-ring (bicyclic) bond motifs is 1. The van der Waals surface area contributed by atoms with Gasteiger partial charge >= 0.3 is 27.6 Å². The lowest BCUT2D eigenvalue weighted by molar-refractivity contribution is -0.136. The van der Waals surface area contributed by atoms with Crippen molar-refractivity contribution in [2.24, 2.45) is 0 Å². The van der Waals surface area contributed by atoms with Crippen LogP contribution in [-0.4, -0.2) is 38.1 Å². The molecule has 0 aliphatic carbocycles. The number of rotatable bonds is 8. The molecule has 0 unspecified atom stereocenters. The minimum absolute atomic E-state index is 0.0432. The zero-order valence-corrected chi connectivity index (χ0v) is 17.1. The Hall–Kier alpha value is -2.76. The molecule has 30 heavy (non-hydrogen) atoms. The second kappa shape index (κ2) is 8.54. The van der Waals surface area contributed by atoms with Gasteiger partial charge in [-0.25, -0.2) is 4.79 Å². The Labute approximate surface area is 170 Å². The molecular weight excluding hydrogens is 433 g/mol. The van der Waals surface area contributed by atoms with Gasteiger partial charge < -0.3 is 18.8 Å². The summed E-state index contributed by atoms with van der Waals surface area (Å²) in [6.07, 6.45) is 1.33. The van der Waals surface area contributed by atoms with Gasteiger partial charge in [0.2, 0.25) is 0 Å². The van der Waals surface area contributed by atoms with E-state index in [4.69, 9.17) is 14.6 Å². The fraction of sp³-hybridized carbons (Fsp3) is 0.444. The Balaban J connectivity index is 2.65. The molecule has 12 heteroatoms. The van der Waals surface area contributed by atoms with Crippen molar-refractivity contribution in [1.82, 2.24) is 0 Å². The predicted octanol–water partition coefficient (Wildman–Crippen LogP) is 3.26. The van der Waals surface area contributed by atoms with Crippen LogP contribution in [0.4, 0.5) is 13.2 Å². The summed E-state index contributed by atoms with van der Waals surface area (Å²) in [7, 11) is -4.84. The molecular formula is C18H19F3O8S. The maximum atomic E-state index is 12.9. The largest absolute Gasteiger partial charge is 0.534 e. The second-order valence-corrected chi connectivity index (χ2v) is 8.06. The van der Waals surface area contributed by atoms with Crippen LogP contribution in [0.3, 0.4) is 0 Å². The van der Waals surface area contributed by atoms with E-state index in [0.717, 1.165) is 0 Å². The predicted molar refractivity (Wildman–Crippen MR) is 96.8 cm³/mol. The normalized spacial score (nSPS) is 14.3. The van der Waals surface area contributed by atoms with Gasteiger partial charge in [-0.3, -0.25) is 4.79 Å². The molecule has 1 aliphatic heterocycles. The summed E-state index contributed by atoms with van der Waals surface area (Å²) >= 11 is 0. The smallest absolute Gasteiger partial charge is 0.496 e. The Kier molecular flexibility index (Phi) is 6.70. The van der Waals surface area contributed by atoms with Crippen LogP contribution in [0.15, 0.2) is 11.6 Å². The standard InChI is InChI=1S/C18H19F3O8S/c1-9(5-7-13(22)23)4-6-11-15(27-3)10(2)12-8-28-17(24)14(12)16(11)29-30(25,26)18(19,20)21/h4H,5-8H2,1-3H3,(H,22,23). The Morgan fingerprint density at radius 2 is 1.90 bits per heavy atom. The lowest BCUT2D eigenvalue weighted by Crippen LogP contribution is -2.29. The third kappa shape index (κ3) is 4.69. The molecule has 0 bridgehead atoms. The molecule has 0 atom stereocenters. The summed E-state index contributed by atoms with van der Waals surface area (Å²) in [5.74, 6) is -2.82. The summed E-state index contributed by atoms with van der Waals surface area (Å²) in [5.41, 5.74) is -5.08. The van der Waals surface area contributed by atoms with E-state index in [1.54, 1.807) is 13.8 Å². The van der Waals surface area contributed by atoms with Crippen LogP contribution in [-0.2, 0) is 32.7 Å². The topological polar surface area (TPSA) is 116 Å². The van der Waals surface area contributed by atoms with Gasteiger partial charge in [0.05, 0.1) is 7.11 Å². The first-order chi connectivity index (χ1) is 13.8. The summed E-state index contributed by atoms with van der Waals surface area (Å²) in [4.78, 5) is 22.8. The fourth-order valence-corrected chi connectivity index (χ4v) is 3.44. The van der Waals surface area contributed by atoms with Gasteiger partial charge in [-0.05, 0) is 32.3 Å². The molecule has 1 N–H and O–H groups in total. The van der Waals surface area contributed by atoms with Crippen molar-refractivity contribution in [3.8, 4) is 11.5 Å². The number of hydrogen-bond donors (Lipinski definition) is 1. The van der Waals surface area contributed by atoms with E-state index in [9.17, 15) is 31.2 Å². The van der Waals surface area contributed by atoms with Crippen molar-refractivity contribution in [2.45, 2.75) is 45.2 Å². The van der Waals surface area contributed by atoms with Gasteiger partial charge in [0.1, 0.15) is 17.9 Å². The molecule has 0 fully saturated rings. The van der Waals surface area contributed by atoms with Crippen LogP contribution >= 0.6 is 0 Å². The third-order valence-electron chi connectivity index (χ3n) is 4.49. The summed E-state index contributed by atoms with van der Waals surface area (Å²) in [5, 5.41) is 8.76. The Morgan fingerprint density at radius 3 is 2.43 bits per heavy atom. The molecule has 0 spiro atoms. The number of carboxylic acids is 1. The fourth-order valence-electron chi connectivity index (χ4n) is 2.94. The highest BCUT2D eigenvalue weighted by molar-refractivity contribution is 7.88. The van der Waals surface area contributed by atoms with Crippen LogP contribution in [0.25, 0.3) is 0 Å². The molecule has 0 aromatic heterocycles. The summed E-state index contributed by atoms with van der Waals surface area (Å²) in [6, 6.07) is 0. The second-order valence-electron chi connectivity index (χ2n) is 6.53. The monoisotopic (exact) mass is 452 g/mol. The van der Waals surface area contributed by atoms with Crippen molar-refractivity contribution < 1.29 is 49.9 Å². The lowest BCUT2D eigenvalue weighted by atomic mass is 9.94. The number of ether oxygens (including phenoxy) is 2. The molecule has 0 saturated carbocycles. The van der Waals surface area contributed by atoms with Gasteiger partial charge in [0, 0.05) is 17.5 Å². The number of carboxylic acid groups (broad SMARTS) is 1. The van der Waals surface area contributed by atoms with Crippen LogP contribution in [0.1, 0.15) is 46.8 Å². The molecule has 1 heterocycles. The van der Waals surface area contributed by atoms with Crippen molar-refractivity contribution in [3.63, 3.8) is 0 Å². The number of allylic oxidation sites excluding steroid dienone is 2. The van der Waals surface area contributed by atoms with Gasteiger partial charge in [-0.1, -0.05) is 11.6 Å². The molecule has 2 rings (SSSR count). The number of alkyl halides is 3. The van der Waals surface area contributed by atoms with Gasteiger partial charge in [-0.15, -0.1) is 0 Å². The molecule has 1 aromatic rings. The highest BCUT2D eigenvalue weighted by Gasteiger charge is 2.50. The minimum atomic E-state index is -6.08. The number of esters is 1. The van der Waals surface area contributed by atoms with Crippen molar-refractivity contribution in [2.75, 3.05) is 7.11 Å². The Bertz CT molecular complexity index is 1010. The SMILES string of the molecule is COc1c(C)c2c(c(OS(=O)(=O)C(F)(F)F)c1CC=C(C)CCC(=O)O)C(=O)OC2. The molecule has 0 saturated heterocycles. The zero-order chi connectivity index (χ0) is 22.9. The average Bonchev–Trinajstić information content (AvgIpc) is 3.01. The first-order valence-electron chi connectivity index (χ1n) is 8.57.